The quantitative estimate of drug-likeness (QED) is 0.597. The second-order valence-corrected chi connectivity index (χ2v) is 10.0. The summed E-state index contributed by atoms with van der Waals surface area (Å²) in [6.07, 6.45) is 3.62. The van der Waals surface area contributed by atoms with Crippen LogP contribution < -0.4 is 15.5 Å². The van der Waals surface area contributed by atoms with Gasteiger partial charge in [0.1, 0.15) is 0 Å². The highest BCUT2D eigenvalue weighted by atomic mass is 35.5. The van der Waals surface area contributed by atoms with E-state index in [4.69, 9.17) is 11.6 Å². The molecule has 1 aromatic carbocycles. The van der Waals surface area contributed by atoms with Crippen LogP contribution in [-0.2, 0) is 4.79 Å². The number of piperidine rings is 1. The van der Waals surface area contributed by atoms with Crippen LogP contribution in [0.2, 0.25) is 4.34 Å². The Kier molecular flexibility index (Phi) is 7.13. The Labute approximate surface area is 195 Å². The number of rotatable bonds is 6. The lowest BCUT2D eigenvalue weighted by Gasteiger charge is -2.27. The van der Waals surface area contributed by atoms with Gasteiger partial charge in [-0.2, -0.15) is 0 Å². The number of nitrogens with one attached hydrogen (secondary N) is 2. The van der Waals surface area contributed by atoms with Gasteiger partial charge in [0.05, 0.1) is 9.21 Å². The molecule has 1 aromatic heterocycles. The normalized spacial score (nSPS) is 23.2. The van der Waals surface area contributed by atoms with Crippen LogP contribution in [0, 0.1) is 5.92 Å². The zero-order chi connectivity index (χ0) is 22.7. The van der Waals surface area contributed by atoms with Gasteiger partial charge in [-0.3, -0.25) is 14.4 Å². The van der Waals surface area contributed by atoms with E-state index in [1.165, 1.54) is 11.3 Å². The number of benzene rings is 1. The Bertz CT molecular complexity index is 993. The van der Waals surface area contributed by atoms with E-state index in [1.807, 2.05) is 0 Å². The Morgan fingerprint density at radius 1 is 1.03 bits per heavy atom. The maximum Gasteiger partial charge on any atom is 0.261 e. The minimum atomic E-state index is -0.289. The summed E-state index contributed by atoms with van der Waals surface area (Å²) in [7, 11) is 0. The van der Waals surface area contributed by atoms with Crippen molar-refractivity contribution in [2.24, 2.45) is 5.92 Å². The molecule has 1 saturated heterocycles. The maximum absolute atomic E-state index is 12.9. The van der Waals surface area contributed by atoms with E-state index in [9.17, 15) is 19.5 Å². The van der Waals surface area contributed by atoms with Gasteiger partial charge in [-0.1, -0.05) is 11.6 Å². The predicted octanol–water partition coefficient (Wildman–Crippen LogP) is 3.22. The number of hydrogen-bond acceptors (Lipinski definition) is 5. The third-order valence-corrected chi connectivity index (χ3v) is 7.34. The molecule has 3 N–H and O–H groups in total. The van der Waals surface area contributed by atoms with Gasteiger partial charge in [0, 0.05) is 42.9 Å². The topological polar surface area (TPSA) is 98.7 Å². The van der Waals surface area contributed by atoms with Gasteiger partial charge in [-0.05, 0) is 68.0 Å². The molecule has 1 aliphatic heterocycles. The Balaban J connectivity index is 1.41. The molecule has 2 heterocycles. The van der Waals surface area contributed by atoms with Gasteiger partial charge >= 0.3 is 0 Å². The molecule has 3 amide bonds. The lowest BCUT2D eigenvalue weighted by molar-refractivity contribution is -0.119. The fraction of sp³-hybridized carbons (Fsp3) is 0.435. The van der Waals surface area contributed by atoms with Crippen LogP contribution in [0.25, 0.3) is 0 Å². The summed E-state index contributed by atoms with van der Waals surface area (Å²) >= 11 is 7.13. The standard InChI is InChI=1S/C23H26ClN3O4S/c24-20-9-8-19(32-20)23(31)26-18-12-14(13-28)11-17(18)25-22(30)15-4-6-16(7-5-15)27-10-2-1-3-21(27)29/h4-9,14,17-18,28H,1-3,10-13H2,(H,25,30)(H,26,31)/t14-,17-,18-/m1/s1. The highest BCUT2D eigenvalue weighted by Crippen LogP contribution is 2.28. The van der Waals surface area contributed by atoms with Gasteiger partial charge in [0.25, 0.3) is 11.8 Å². The Morgan fingerprint density at radius 3 is 2.31 bits per heavy atom. The Morgan fingerprint density at radius 2 is 1.72 bits per heavy atom. The molecule has 1 aliphatic carbocycles. The molecule has 3 atom stereocenters. The van der Waals surface area contributed by atoms with E-state index in [0.29, 0.717) is 40.6 Å². The van der Waals surface area contributed by atoms with Crippen molar-refractivity contribution in [1.29, 1.82) is 0 Å². The number of halogens is 1. The summed E-state index contributed by atoms with van der Waals surface area (Å²) < 4.78 is 0.536. The molecular weight excluding hydrogens is 450 g/mol. The van der Waals surface area contributed by atoms with E-state index in [0.717, 1.165) is 18.5 Å². The fourth-order valence-corrected chi connectivity index (χ4v) is 5.36. The van der Waals surface area contributed by atoms with Crippen molar-refractivity contribution in [3.8, 4) is 0 Å². The summed E-state index contributed by atoms with van der Waals surface area (Å²) in [5.74, 6) is -0.367. The lowest BCUT2D eigenvalue weighted by Crippen LogP contribution is -2.48. The zero-order valence-corrected chi connectivity index (χ0v) is 19.1. The minimum absolute atomic E-state index is 0.00211. The number of hydrogen-bond donors (Lipinski definition) is 3. The van der Waals surface area contributed by atoms with Crippen LogP contribution in [0.4, 0.5) is 5.69 Å². The lowest BCUT2D eigenvalue weighted by atomic mass is 10.1. The number of carbonyl (C=O) groups excluding carboxylic acids is 3. The second-order valence-electron chi connectivity index (χ2n) is 8.33. The highest BCUT2D eigenvalue weighted by Gasteiger charge is 2.36. The van der Waals surface area contributed by atoms with Gasteiger partial charge in [-0.15, -0.1) is 11.3 Å². The number of nitrogens with zero attached hydrogens (tertiary/aromatic N) is 1. The fourth-order valence-electron chi connectivity index (χ4n) is 4.41. The highest BCUT2D eigenvalue weighted by molar-refractivity contribution is 7.18. The van der Waals surface area contributed by atoms with E-state index >= 15 is 0 Å². The largest absolute Gasteiger partial charge is 0.396 e. The van der Waals surface area contributed by atoms with Crippen LogP contribution in [-0.4, -0.2) is 48.1 Å². The summed E-state index contributed by atoms with van der Waals surface area (Å²) in [5.41, 5.74) is 1.29. The molecule has 7 nitrogen and oxygen atoms in total. The van der Waals surface area contributed by atoms with E-state index < -0.39 is 0 Å². The van der Waals surface area contributed by atoms with Crippen LogP contribution in [0.5, 0.6) is 0 Å². The maximum atomic E-state index is 12.9. The third-order valence-electron chi connectivity index (χ3n) is 6.11. The molecule has 2 aromatic rings. The van der Waals surface area contributed by atoms with Crippen molar-refractivity contribution in [3.63, 3.8) is 0 Å². The number of aliphatic hydroxyl groups is 1. The average molecular weight is 476 g/mol. The van der Waals surface area contributed by atoms with Crippen LogP contribution >= 0.6 is 22.9 Å². The Hall–Kier alpha value is -2.42. The number of amides is 3. The molecule has 32 heavy (non-hydrogen) atoms. The van der Waals surface area contributed by atoms with Crippen LogP contribution in [0.3, 0.4) is 0 Å². The number of carbonyl (C=O) groups is 3. The molecule has 0 radical (unpaired) electrons. The molecule has 170 valence electrons. The molecule has 1 saturated carbocycles. The van der Waals surface area contributed by atoms with Crippen LogP contribution in [0.15, 0.2) is 36.4 Å². The predicted molar refractivity (Wildman–Crippen MR) is 124 cm³/mol. The van der Waals surface area contributed by atoms with Crippen molar-refractivity contribution < 1.29 is 19.5 Å². The molecule has 0 unspecified atom stereocenters. The zero-order valence-electron chi connectivity index (χ0n) is 17.6. The van der Waals surface area contributed by atoms with Crippen LogP contribution in [0.1, 0.15) is 52.1 Å². The summed E-state index contributed by atoms with van der Waals surface area (Å²) in [6, 6.07) is 9.79. The summed E-state index contributed by atoms with van der Waals surface area (Å²) in [4.78, 5) is 39.8. The van der Waals surface area contributed by atoms with Crippen molar-refractivity contribution in [2.75, 3.05) is 18.1 Å². The third kappa shape index (κ3) is 5.14. The molecule has 0 bridgehead atoms. The first kappa shape index (κ1) is 22.8. The second kappa shape index (κ2) is 10.0. The molecule has 2 aliphatic rings. The van der Waals surface area contributed by atoms with Gasteiger partial charge in [0.2, 0.25) is 5.91 Å². The van der Waals surface area contributed by atoms with E-state index in [1.54, 1.807) is 41.3 Å². The average Bonchev–Trinajstić information content (AvgIpc) is 3.40. The molecule has 0 spiro atoms. The van der Waals surface area contributed by atoms with Gasteiger partial charge < -0.3 is 20.6 Å². The van der Waals surface area contributed by atoms with Crippen molar-refractivity contribution in [3.05, 3.63) is 51.2 Å². The summed E-state index contributed by atoms with van der Waals surface area (Å²) in [6.45, 7) is 0.702. The van der Waals surface area contributed by atoms with Crippen molar-refractivity contribution >= 4 is 46.3 Å². The minimum Gasteiger partial charge on any atom is -0.396 e. The van der Waals surface area contributed by atoms with Gasteiger partial charge in [-0.25, -0.2) is 0 Å². The first-order valence-corrected chi connectivity index (χ1v) is 12.0. The molecule has 4 rings (SSSR count). The first-order valence-electron chi connectivity index (χ1n) is 10.8. The van der Waals surface area contributed by atoms with Gasteiger partial charge in [0.15, 0.2) is 0 Å². The summed E-state index contributed by atoms with van der Waals surface area (Å²) in [5, 5.41) is 15.6. The SMILES string of the molecule is O=C(N[C@@H]1C[C@@H](CO)C[C@H]1NC(=O)c1ccc(Cl)s1)c1ccc(N2CCCCC2=O)cc1. The number of aliphatic hydroxyl groups excluding tert-OH is 1. The monoisotopic (exact) mass is 475 g/mol. The number of thiophene rings is 1. The number of anilines is 1. The van der Waals surface area contributed by atoms with Crippen molar-refractivity contribution in [1.82, 2.24) is 10.6 Å². The smallest absolute Gasteiger partial charge is 0.261 e. The molecule has 9 heteroatoms. The van der Waals surface area contributed by atoms with E-state index in [-0.39, 0.29) is 42.3 Å². The van der Waals surface area contributed by atoms with Crippen molar-refractivity contribution in [2.45, 2.75) is 44.2 Å². The van der Waals surface area contributed by atoms with E-state index in [2.05, 4.69) is 10.6 Å². The first-order chi connectivity index (χ1) is 15.4. The molecular formula is C23H26ClN3O4S. The molecule has 2 fully saturated rings.